The topological polar surface area (TPSA) is 79.8 Å². The Balaban J connectivity index is 1.48. The normalized spacial score (nSPS) is 10.7. The highest BCUT2D eigenvalue weighted by Crippen LogP contribution is 2.16. The van der Waals surface area contributed by atoms with E-state index < -0.39 is 11.8 Å². The quantitative estimate of drug-likeness (QED) is 0.359. The van der Waals surface area contributed by atoms with Crippen molar-refractivity contribution < 1.29 is 18.7 Å². The molecule has 0 saturated carbocycles. The summed E-state index contributed by atoms with van der Waals surface area (Å²) < 4.78 is 18.8. The van der Waals surface area contributed by atoms with Crippen LogP contribution in [0.2, 0.25) is 0 Å². The first kappa shape index (κ1) is 21.7. The molecule has 0 aromatic heterocycles. The fraction of sp³-hybridized carbons (Fsp3) is 0.125. The van der Waals surface area contributed by atoms with Gasteiger partial charge in [-0.1, -0.05) is 29.8 Å². The molecule has 3 aromatic rings. The Morgan fingerprint density at radius 1 is 1.00 bits per heavy atom. The van der Waals surface area contributed by atoms with Crippen LogP contribution in [0.25, 0.3) is 0 Å². The molecule has 0 spiro atoms. The molecule has 0 fully saturated rings. The number of hydrogen-bond acceptors (Lipinski definition) is 4. The van der Waals surface area contributed by atoms with Crippen molar-refractivity contribution in [3.05, 3.63) is 94.8 Å². The second-order valence-electron chi connectivity index (χ2n) is 6.96. The average Bonchev–Trinajstić information content (AvgIpc) is 2.75. The number of aryl methyl sites for hydroxylation is 2. The molecule has 0 aliphatic rings. The number of rotatable bonds is 6. The SMILES string of the molecule is Cc1ccc(NC(=O)C(=O)NN=Cc2ccc(OCc3cccc(F)c3)cc2)c(C)c1. The highest BCUT2D eigenvalue weighted by atomic mass is 19.1. The molecule has 0 saturated heterocycles. The summed E-state index contributed by atoms with van der Waals surface area (Å²) >= 11 is 0. The van der Waals surface area contributed by atoms with Crippen LogP contribution < -0.4 is 15.5 Å². The Hall–Kier alpha value is -4.00. The predicted octanol–water partition coefficient (Wildman–Crippen LogP) is 4.11. The van der Waals surface area contributed by atoms with Crippen LogP contribution in [-0.2, 0) is 16.2 Å². The van der Waals surface area contributed by atoms with Crippen LogP contribution >= 0.6 is 0 Å². The van der Waals surface area contributed by atoms with Crippen molar-refractivity contribution in [3.8, 4) is 5.75 Å². The van der Waals surface area contributed by atoms with E-state index in [0.29, 0.717) is 17.0 Å². The third kappa shape index (κ3) is 6.50. The van der Waals surface area contributed by atoms with E-state index in [1.807, 2.05) is 26.0 Å². The minimum atomic E-state index is -0.869. The number of halogens is 1. The zero-order valence-electron chi connectivity index (χ0n) is 17.2. The van der Waals surface area contributed by atoms with Gasteiger partial charge in [-0.15, -0.1) is 0 Å². The van der Waals surface area contributed by atoms with Crippen LogP contribution in [-0.4, -0.2) is 18.0 Å². The third-order valence-corrected chi connectivity index (χ3v) is 4.39. The lowest BCUT2D eigenvalue weighted by molar-refractivity contribution is -0.136. The number of benzene rings is 3. The van der Waals surface area contributed by atoms with Gasteiger partial charge in [0.05, 0.1) is 6.21 Å². The van der Waals surface area contributed by atoms with Gasteiger partial charge >= 0.3 is 11.8 Å². The fourth-order valence-corrected chi connectivity index (χ4v) is 2.79. The fourth-order valence-electron chi connectivity index (χ4n) is 2.79. The van der Waals surface area contributed by atoms with Crippen LogP contribution in [0.1, 0.15) is 22.3 Å². The Kier molecular flexibility index (Phi) is 7.11. The zero-order valence-corrected chi connectivity index (χ0v) is 17.2. The lowest BCUT2D eigenvalue weighted by atomic mass is 10.1. The maximum absolute atomic E-state index is 13.2. The van der Waals surface area contributed by atoms with Gasteiger partial charge in [-0.25, -0.2) is 9.82 Å². The number of ether oxygens (including phenoxy) is 1. The number of hydrogen-bond donors (Lipinski definition) is 2. The molecule has 2 amide bonds. The van der Waals surface area contributed by atoms with Gasteiger partial charge in [-0.2, -0.15) is 5.10 Å². The standard InChI is InChI=1S/C24H22FN3O3/c1-16-6-11-22(17(2)12-16)27-23(29)24(30)28-26-14-18-7-9-21(10-8-18)31-15-19-4-3-5-20(25)13-19/h3-14H,15H2,1-2H3,(H,27,29)(H,28,30). The van der Waals surface area contributed by atoms with Gasteiger partial charge in [0.15, 0.2) is 0 Å². The molecule has 3 rings (SSSR count). The largest absolute Gasteiger partial charge is 0.489 e. The van der Waals surface area contributed by atoms with Crippen molar-refractivity contribution in [2.24, 2.45) is 5.10 Å². The summed E-state index contributed by atoms with van der Waals surface area (Å²) in [5, 5.41) is 6.37. The lowest BCUT2D eigenvalue weighted by Gasteiger charge is -2.08. The van der Waals surface area contributed by atoms with Gasteiger partial charge in [0.1, 0.15) is 18.2 Å². The van der Waals surface area contributed by atoms with E-state index in [0.717, 1.165) is 16.7 Å². The molecule has 6 nitrogen and oxygen atoms in total. The highest BCUT2D eigenvalue weighted by molar-refractivity contribution is 6.39. The first-order chi connectivity index (χ1) is 14.9. The maximum Gasteiger partial charge on any atom is 0.329 e. The molecule has 0 atom stereocenters. The first-order valence-corrected chi connectivity index (χ1v) is 9.59. The number of nitrogens with zero attached hydrogens (tertiary/aromatic N) is 1. The minimum absolute atomic E-state index is 0.247. The van der Waals surface area contributed by atoms with Crippen molar-refractivity contribution in [1.82, 2.24) is 5.43 Å². The van der Waals surface area contributed by atoms with E-state index >= 15 is 0 Å². The Bertz CT molecular complexity index is 1110. The number of carbonyl (C=O) groups is 2. The van der Waals surface area contributed by atoms with Crippen molar-refractivity contribution in [1.29, 1.82) is 0 Å². The van der Waals surface area contributed by atoms with Crippen molar-refractivity contribution in [2.45, 2.75) is 20.5 Å². The molecule has 158 valence electrons. The molecule has 0 heterocycles. The van der Waals surface area contributed by atoms with Crippen LogP contribution in [0, 0.1) is 19.7 Å². The van der Waals surface area contributed by atoms with Crippen LogP contribution in [0.4, 0.5) is 10.1 Å². The molecule has 0 radical (unpaired) electrons. The second kappa shape index (κ2) is 10.2. The van der Waals surface area contributed by atoms with E-state index in [2.05, 4.69) is 15.8 Å². The molecule has 0 bridgehead atoms. The summed E-state index contributed by atoms with van der Waals surface area (Å²) in [4.78, 5) is 23.9. The summed E-state index contributed by atoms with van der Waals surface area (Å²) in [6, 6.07) is 18.7. The summed E-state index contributed by atoms with van der Waals surface area (Å²) in [6.45, 7) is 4.05. The van der Waals surface area contributed by atoms with Gasteiger partial charge in [-0.05, 0) is 73.0 Å². The Labute approximate surface area is 179 Å². The number of amides is 2. The lowest BCUT2D eigenvalue weighted by Crippen LogP contribution is -2.32. The number of hydrazone groups is 1. The van der Waals surface area contributed by atoms with E-state index in [4.69, 9.17) is 4.74 Å². The number of nitrogens with one attached hydrogen (secondary N) is 2. The molecule has 7 heteroatoms. The number of anilines is 1. The van der Waals surface area contributed by atoms with Gasteiger partial charge in [0.2, 0.25) is 0 Å². The smallest absolute Gasteiger partial charge is 0.329 e. The van der Waals surface area contributed by atoms with Crippen molar-refractivity contribution in [3.63, 3.8) is 0 Å². The predicted molar refractivity (Wildman–Crippen MR) is 117 cm³/mol. The summed E-state index contributed by atoms with van der Waals surface area (Å²) in [6.07, 6.45) is 1.42. The van der Waals surface area contributed by atoms with E-state index in [-0.39, 0.29) is 12.4 Å². The van der Waals surface area contributed by atoms with Gasteiger partial charge in [0.25, 0.3) is 0 Å². The molecule has 3 aromatic carbocycles. The highest BCUT2D eigenvalue weighted by Gasteiger charge is 2.13. The van der Waals surface area contributed by atoms with Crippen molar-refractivity contribution in [2.75, 3.05) is 5.32 Å². The molecule has 31 heavy (non-hydrogen) atoms. The van der Waals surface area contributed by atoms with E-state index in [9.17, 15) is 14.0 Å². The summed E-state index contributed by atoms with van der Waals surface area (Å²) in [5.41, 5.74) is 6.13. The molecule has 0 unspecified atom stereocenters. The third-order valence-electron chi connectivity index (χ3n) is 4.39. The number of carbonyl (C=O) groups excluding carboxylic acids is 2. The second-order valence-corrected chi connectivity index (χ2v) is 6.96. The molecular formula is C24H22FN3O3. The Morgan fingerprint density at radius 3 is 2.48 bits per heavy atom. The Morgan fingerprint density at radius 2 is 1.77 bits per heavy atom. The monoisotopic (exact) mass is 419 g/mol. The van der Waals surface area contributed by atoms with E-state index in [1.165, 1.54) is 18.3 Å². The minimum Gasteiger partial charge on any atom is -0.489 e. The summed E-state index contributed by atoms with van der Waals surface area (Å²) in [5.74, 6) is -1.37. The van der Waals surface area contributed by atoms with Crippen LogP contribution in [0.3, 0.4) is 0 Å². The van der Waals surface area contributed by atoms with Gasteiger partial charge in [-0.3, -0.25) is 9.59 Å². The van der Waals surface area contributed by atoms with Gasteiger partial charge in [0, 0.05) is 5.69 Å². The molecular weight excluding hydrogens is 397 g/mol. The van der Waals surface area contributed by atoms with Gasteiger partial charge < -0.3 is 10.1 Å². The zero-order chi connectivity index (χ0) is 22.2. The maximum atomic E-state index is 13.2. The van der Waals surface area contributed by atoms with Crippen molar-refractivity contribution >= 4 is 23.7 Å². The van der Waals surface area contributed by atoms with E-state index in [1.54, 1.807) is 42.5 Å². The molecule has 0 aliphatic carbocycles. The van der Waals surface area contributed by atoms with Crippen LogP contribution in [0.5, 0.6) is 5.75 Å². The van der Waals surface area contributed by atoms with Crippen LogP contribution in [0.15, 0.2) is 71.8 Å². The molecule has 0 aliphatic heterocycles. The first-order valence-electron chi connectivity index (χ1n) is 9.59. The average molecular weight is 419 g/mol. The summed E-state index contributed by atoms with van der Waals surface area (Å²) in [7, 11) is 0. The molecule has 2 N–H and O–H groups in total.